The lowest BCUT2D eigenvalue weighted by Crippen LogP contribution is -2.33. The van der Waals surface area contributed by atoms with Gasteiger partial charge in [-0.05, 0) is 48.6 Å². The molecule has 2 aromatic rings. The van der Waals surface area contributed by atoms with Crippen LogP contribution in [0.2, 0.25) is 0 Å². The molecule has 32 heavy (non-hydrogen) atoms. The average Bonchev–Trinajstić information content (AvgIpc) is 3.35. The van der Waals surface area contributed by atoms with Gasteiger partial charge in [0.15, 0.2) is 11.5 Å². The maximum atomic E-state index is 12.7. The van der Waals surface area contributed by atoms with Gasteiger partial charge in [-0.1, -0.05) is 31.7 Å². The molecule has 0 unspecified atom stereocenters. The first kappa shape index (κ1) is 22.5. The van der Waals surface area contributed by atoms with Crippen LogP contribution in [0.25, 0.3) is 0 Å². The van der Waals surface area contributed by atoms with Gasteiger partial charge in [0.2, 0.25) is 5.91 Å². The minimum absolute atomic E-state index is 0.0310. The summed E-state index contributed by atoms with van der Waals surface area (Å²) in [6, 6.07) is 9.29. The van der Waals surface area contributed by atoms with Crippen LogP contribution in [0.15, 0.2) is 41.6 Å². The Kier molecular flexibility index (Phi) is 7.19. The van der Waals surface area contributed by atoms with Crippen LogP contribution in [-0.4, -0.2) is 53.8 Å². The molecule has 1 aromatic carbocycles. The Labute approximate surface area is 192 Å². The number of carbonyl (C=O) groups is 2. The molecule has 2 aliphatic rings. The fourth-order valence-corrected chi connectivity index (χ4v) is 4.59. The number of likely N-dealkylation sites (tertiary alicyclic amines) is 1. The summed E-state index contributed by atoms with van der Waals surface area (Å²) in [6.07, 6.45) is 3.73. The number of rotatable bonds is 7. The van der Waals surface area contributed by atoms with Gasteiger partial charge in [-0.3, -0.25) is 9.59 Å². The minimum Gasteiger partial charge on any atom is -0.486 e. The van der Waals surface area contributed by atoms with E-state index in [1.165, 1.54) is 11.8 Å². The molecule has 1 atom stereocenters. The van der Waals surface area contributed by atoms with Crippen LogP contribution in [0.4, 0.5) is 0 Å². The summed E-state index contributed by atoms with van der Waals surface area (Å²) in [5.41, 5.74) is 1.59. The predicted molar refractivity (Wildman–Crippen MR) is 123 cm³/mol. The number of hydrogen-bond acceptors (Lipinski definition) is 6. The fraction of sp³-hybridized carbons (Fsp3) is 0.458. The fourth-order valence-electron chi connectivity index (χ4n) is 3.94. The standard InChI is InChI=1S/C24H29N3O4S/c1-16(2)23(17-5-7-19-20(13-17)31-12-11-30-19)26-21(28)15-32-22-8-6-18(14-25-22)24(29)27-9-3-4-10-27/h5-8,13-14,16,23H,3-4,9-12,15H2,1-2H3,(H,26,28)/t23-/m0/s1. The molecule has 0 spiro atoms. The third-order valence-corrected chi connectivity index (χ3v) is 6.58. The smallest absolute Gasteiger partial charge is 0.255 e. The molecule has 0 saturated carbocycles. The second-order valence-corrected chi connectivity index (χ2v) is 9.36. The summed E-state index contributed by atoms with van der Waals surface area (Å²) in [4.78, 5) is 31.3. The van der Waals surface area contributed by atoms with Crippen molar-refractivity contribution in [3.8, 4) is 11.5 Å². The van der Waals surface area contributed by atoms with Crippen molar-refractivity contribution in [1.82, 2.24) is 15.2 Å². The van der Waals surface area contributed by atoms with Crippen LogP contribution in [0.5, 0.6) is 11.5 Å². The number of pyridine rings is 1. The van der Waals surface area contributed by atoms with Crippen molar-refractivity contribution in [2.45, 2.75) is 37.8 Å². The quantitative estimate of drug-likeness (QED) is 0.642. The van der Waals surface area contributed by atoms with E-state index >= 15 is 0 Å². The van der Waals surface area contributed by atoms with Gasteiger partial charge in [-0.15, -0.1) is 0 Å². The largest absolute Gasteiger partial charge is 0.486 e. The number of carbonyl (C=O) groups excluding carboxylic acids is 2. The Bertz CT molecular complexity index is 958. The van der Waals surface area contributed by atoms with Crippen LogP contribution < -0.4 is 14.8 Å². The van der Waals surface area contributed by atoms with E-state index in [0.717, 1.165) is 48.0 Å². The molecule has 1 fully saturated rings. The van der Waals surface area contributed by atoms with Crippen molar-refractivity contribution in [1.29, 1.82) is 0 Å². The number of ether oxygens (including phenoxy) is 2. The van der Waals surface area contributed by atoms with Gasteiger partial charge in [0, 0.05) is 19.3 Å². The zero-order valence-electron chi connectivity index (χ0n) is 18.5. The molecule has 0 bridgehead atoms. The number of amides is 2. The SMILES string of the molecule is CC(C)[C@H](NC(=O)CSc1ccc(C(=O)N2CCCC2)cn1)c1ccc2c(c1)OCCO2. The summed E-state index contributed by atoms with van der Waals surface area (Å²) < 4.78 is 11.3. The molecular formula is C24H29N3O4S. The van der Waals surface area contributed by atoms with E-state index in [9.17, 15) is 9.59 Å². The second kappa shape index (κ2) is 10.3. The van der Waals surface area contributed by atoms with Crippen LogP contribution >= 0.6 is 11.8 Å². The maximum absolute atomic E-state index is 12.7. The van der Waals surface area contributed by atoms with Crippen molar-refractivity contribution in [2.75, 3.05) is 32.1 Å². The first-order valence-electron chi connectivity index (χ1n) is 11.1. The molecule has 1 N–H and O–H groups in total. The summed E-state index contributed by atoms with van der Waals surface area (Å²) in [6.45, 7) is 6.86. The monoisotopic (exact) mass is 455 g/mol. The molecule has 1 aromatic heterocycles. The average molecular weight is 456 g/mol. The van der Waals surface area contributed by atoms with Crippen molar-refractivity contribution in [2.24, 2.45) is 5.92 Å². The van der Waals surface area contributed by atoms with E-state index in [2.05, 4.69) is 24.1 Å². The Balaban J connectivity index is 1.33. The topological polar surface area (TPSA) is 80.8 Å². The van der Waals surface area contributed by atoms with E-state index in [-0.39, 0.29) is 29.5 Å². The van der Waals surface area contributed by atoms with Gasteiger partial charge in [-0.25, -0.2) is 4.98 Å². The molecule has 8 heteroatoms. The highest BCUT2D eigenvalue weighted by atomic mass is 32.2. The van der Waals surface area contributed by atoms with Crippen LogP contribution in [0, 0.1) is 5.92 Å². The first-order valence-corrected chi connectivity index (χ1v) is 12.1. The van der Waals surface area contributed by atoms with Gasteiger partial charge in [0.05, 0.1) is 22.4 Å². The second-order valence-electron chi connectivity index (χ2n) is 8.37. The lowest BCUT2D eigenvalue weighted by atomic mass is 9.95. The molecular weight excluding hydrogens is 426 g/mol. The maximum Gasteiger partial charge on any atom is 0.255 e. The number of benzene rings is 1. The van der Waals surface area contributed by atoms with E-state index in [1.54, 1.807) is 12.3 Å². The van der Waals surface area contributed by atoms with Crippen molar-refractivity contribution in [3.63, 3.8) is 0 Å². The number of nitrogens with one attached hydrogen (secondary N) is 1. The van der Waals surface area contributed by atoms with Gasteiger partial charge in [-0.2, -0.15) is 0 Å². The molecule has 0 radical (unpaired) electrons. The Hall–Kier alpha value is -2.74. The first-order chi connectivity index (χ1) is 15.5. The number of aromatic nitrogens is 1. The highest BCUT2D eigenvalue weighted by Crippen LogP contribution is 2.34. The Morgan fingerprint density at radius 2 is 1.84 bits per heavy atom. The summed E-state index contributed by atoms with van der Waals surface area (Å²) in [5, 5.41) is 3.85. The van der Waals surface area contributed by atoms with Gasteiger partial charge in [0.25, 0.3) is 5.91 Å². The number of thioether (sulfide) groups is 1. The zero-order valence-corrected chi connectivity index (χ0v) is 19.3. The van der Waals surface area contributed by atoms with Crippen molar-refractivity contribution in [3.05, 3.63) is 47.7 Å². The summed E-state index contributed by atoms with van der Waals surface area (Å²) in [7, 11) is 0. The van der Waals surface area contributed by atoms with Gasteiger partial charge >= 0.3 is 0 Å². The molecule has 4 rings (SSSR count). The summed E-state index contributed by atoms with van der Waals surface area (Å²) >= 11 is 1.36. The third kappa shape index (κ3) is 5.35. The molecule has 170 valence electrons. The zero-order chi connectivity index (χ0) is 22.5. The lowest BCUT2D eigenvalue weighted by molar-refractivity contribution is -0.119. The molecule has 2 aliphatic heterocycles. The van der Waals surface area contributed by atoms with E-state index in [1.807, 2.05) is 29.2 Å². The number of hydrogen-bond donors (Lipinski definition) is 1. The molecule has 7 nitrogen and oxygen atoms in total. The van der Waals surface area contributed by atoms with Gasteiger partial charge in [0.1, 0.15) is 13.2 Å². The number of nitrogens with zero attached hydrogens (tertiary/aromatic N) is 2. The van der Waals surface area contributed by atoms with Crippen LogP contribution in [-0.2, 0) is 4.79 Å². The van der Waals surface area contributed by atoms with Crippen molar-refractivity contribution >= 4 is 23.6 Å². The Morgan fingerprint density at radius 3 is 2.53 bits per heavy atom. The summed E-state index contributed by atoms with van der Waals surface area (Å²) in [5.74, 6) is 1.88. The molecule has 0 aliphatic carbocycles. The van der Waals surface area contributed by atoms with Gasteiger partial charge < -0.3 is 19.7 Å². The highest BCUT2D eigenvalue weighted by Gasteiger charge is 2.22. The molecule has 3 heterocycles. The minimum atomic E-state index is -0.132. The predicted octanol–water partition coefficient (Wildman–Crippen LogP) is 3.69. The molecule has 2 amide bonds. The Morgan fingerprint density at radius 1 is 1.09 bits per heavy atom. The van der Waals surface area contributed by atoms with Crippen molar-refractivity contribution < 1.29 is 19.1 Å². The van der Waals surface area contributed by atoms with E-state index in [0.29, 0.717) is 18.8 Å². The number of fused-ring (bicyclic) bond motifs is 1. The normalized spacial score (nSPS) is 16.2. The third-order valence-electron chi connectivity index (χ3n) is 5.64. The van der Waals surface area contributed by atoms with Crippen LogP contribution in [0.3, 0.4) is 0 Å². The lowest BCUT2D eigenvalue weighted by Gasteiger charge is -2.25. The molecule has 1 saturated heterocycles. The van der Waals surface area contributed by atoms with E-state index < -0.39 is 0 Å². The highest BCUT2D eigenvalue weighted by molar-refractivity contribution is 7.99. The van der Waals surface area contributed by atoms with E-state index in [4.69, 9.17) is 9.47 Å². The van der Waals surface area contributed by atoms with Crippen LogP contribution in [0.1, 0.15) is 48.7 Å².